The normalized spacial score (nSPS) is 14.8. The predicted molar refractivity (Wildman–Crippen MR) is 61.5 cm³/mol. The Kier molecular flexibility index (Phi) is 3.38. The maximum atomic E-state index is 11.2. The van der Waals surface area contributed by atoms with Gasteiger partial charge in [0, 0.05) is 5.69 Å². The molecule has 0 saturated heterocycles. The first kappa shape index (κ1) is 12.7. The highest BCUT2D eigenvalue weighted by atomic mass is 16.4. The molecule has 0 spiro atoms. The summed E-state index contributed by atoms with van der Waals surface area (Å²) in [6.45, 7) is 7.84. The standard InChI is InChI=1S/C11H19N3O2/c1-7-8(2)13-14(9(7)3)6-11(4,12-5)10(15)16/h12H,6H2,1-5H3,(H,15,16). The number of nitrogens with one attached hydrogen (secondary N) is 1. The Morgan fingerprint density at radius 1 is 1.50 bits per heavy atom. The fourth-order valence-electron chi connectivity index (χ4n) is 1.49. The molecule has 0 radical (unpaired) electrons. The molecular weight excluding hydrogens is 206 g/mol. The minimum atomic E-state index is -0.990. The van der Waals surface area contributed by atoms with E-state index in [-0.39, 0.29) is 0 Å². The molecular formula is C11H19N3O2. The van der Waals surface area contributed by atoms with Gasteiger partial charge in [0.05, 0.1) is 12.2 Å². The smallest absolute Gasteiger partial charge is 0.325 e. The molecule has 1 aromatic heterocycles. The number of likely N-dealkylation sites (N-methyl/N-ethyl adjacent to an activating group) is 1. The molecule has 5 heteroatoms. The second kappa shape index (κ2) is 4.25. The summed E-state index contributed by atoms with van der Waals surface area (Å²) in [4.78, 5) is 11.2. The Morgan fingerprint density at radius 2 is 2.06 bits per heavy atom. The maximum absolute atomic E-state index is 11.2. The van der Waals surface area contributed by atoms with E-state index in [2.05, 4.69) is 10.4 Å². The Labute approximate surface area is 95.5 Å². The van der Waals surface area contributed by atoms with Crippen LogP contribution < -0.4 is 5.32 Å². The van der Waals surface area contributed by atoms with Crippen LogP contribution in [0, 0.1) is 20.8 Å². The number of nitrogens with zero attached hydrogens (tertiary/aromatic N) is 2. The number of carboxylic acid groups (broad SMARTS) is 1. The van der Waals surface area contributed by atoms with Crippen molar-refractivity contribution in [2.75, 3.05) is 7.05 Å². The van der Waals surface area contributed by atoms with Crippen molar-refractivity contribution in [3.63, 3.8) is 0 Å². The number of aryl methyl sites for hydroxylation is 1. The van der Waals surface area contributed by atoms with E-state index in [4.69, 9.17) is 5.11 Å². The molecule has 2 N–H and O–H groups in total. The fourth-order valence-corrected chi connectivity index (χ4v) is 1.49. The zero-order valence-corrected chi connectivity index (χ0v) is 10.5. The first-order valence-electron chi connectivity index (χ1n) is 5.24. The lowest BCUT2D eigenvalue weighted by Crippen LogP contribution is -2.51. The van der Waals surface area contributed by atoms with Gasteiger partial charge in [-0.1, -0.05) is 0 Å². The van der Waals surface area contributed by atoms with Crippen molar-refractivity contribution in [3.05, 3.63) is 17.0 Å². The number of rotatable bonds is 4. The molecule has 0 aromatic carbocycles. The van der Waals surface area contributed by atoms with Crippen LogP contribution in [0.2, 0.25) is 0 Å². The monoisotopic (exact) mass is 225 g/mol. The molecule has 0 aliphatic heterocycles. The Bertz CT molecular complexity index is 412. The summed E-state index contributed by atoms with van der Waals surface area (Å²) in [6, 6.07) is 0. The van der Waals surface area contributed by atoms with Crippen molar-refractivity contribution in [2.24, 2.45) is 0 Å². The molecule has 0 aliphatic rings. The second-order valence-corrected chi connectivity index (χ2v) is 4.34. The van der Waals surface area contributed by atoms with Crippen molar-refractivity contribution in [2.45, 2.75) is 39.8 Å². The van der Waals surface area contributed by atoms with Crippen LogP contribution in [0.25, 0.3) is 0 Å². The van der Waals surface area contributed by atoms with E-state index in [1.54, 1.807) is 18.7 Å². The average molecular weight is 225 g/mol. The van der Waals surface area contributed by atoms with Crippen LogP contribution >= 0.6 is 0 Å². The van der Waals surface area contributed by atoms with E-state index in [1.807, 2.05) is 20.8 Å². The Hall–Kier alpha value is -1.36. The van der Waals surface area contributed by atoms with E-state index in [0.717, 1.165) is 17.0 Å². The minimum Gasteiger partial charge on any atom is -0.480 e. The van der Waals surface area contributed by atoms with Crippen molar-refractivity contribution in [1.82, 2.24) is 15.1 Å². The van der Waals surface area contributed by atoms with E-state index < -0.39 is 11.5 Å². The van der Waals surface area contributed by atoms with Crippen LogP contribution in [0.5, 0.6) is 0 Å². The molecule has 1 unspecified atom stereocenters. The number of hydrogen-bond acceptors (Lipinski definition) is 3. The molecule has 1 heterocycles. The van der Waals surface area contributed by atoms with E-state index >= 15 is 0 Å². The van der Waals surface area contributed by atoms with Gasteiger partial charge in [-0.15, -0.1) is 0 Å². The lowest BCUT2D eigenvalue weighted by atomic mass is 10.0. The number of carboxylic acids is 1. The molecule has 1 atom stereocenters. The summed E-state index contributed by atoms with van der Waals surface area (Å²) >= 11 is 0. The van der Waals surface area contributed by atoms with Crippen LogP contribution in [0.4, 0.5) is 0 Å². The van der Waals surface area contributed by atoms with Crippen molar-refractivity contribution in [1.29, 1.82) is 0 Å². The second-order valence-electron chi connectivity index (χ2n) is 4.34. The van der Waals surface area contributed by atoms with Gasteiger partial charge in [0.15, 0.2) is 0 Å². The third-order valence-corrected chi connectivity index (χ3v) is 3.23. The Morgan fingerprint density at radius 3 is 2.38 bits per heavy atom. The van der Waals surface area contributed by atoms with Crippen LogP contribution in [0.3, 0.4) is 0 Å². The molecule has 0 aliphatic carbocycles. The van der Waals surface area contributed by atoms with Crippen molar-refractivity contribution < 1.29 is 9.90 Å². The quantitative estimate of drug-likeness (QED) is 0.798. The topological polar surface area (TPSA) is 67.2 Å². The van der Waals surface area contributed by atoms with Crippen LogP contribution in [0.1, 0.15) is 23.9 Å². The molecule has 1 aromatic rings. The summed E-state index contributed by atoms with van der Waals surface area (Å²) in [6.07, 6.45) is 0. The molecule has 0 fully saturated rings. The minimum absolute atomic E-state index is 0.319. The lowest BCUT2D eigenvalue weighted by Gasteiger charge is -2.24. The average Bonchev–Trinajstić information content (AvgIpc) is 2.46. The molecule has 1 rings (SSSR count). The zero-order chi connectivity index (χ0) is 12.5. The van der Waals surface area contributed by atoms with E-state index in [0.29, 0.717) is 6.54 Å². The van der Waals surface area contributed by atoms with Crippen molar-refractivity contribution in [3.8, 4) is 0 Å². The summed E-state index contributed by atoms with van der Waals surface area (Å²) in [7, 11) is 1.65. The molecule has 90 valence electrons. The number of aromatic nitrogens is 2. The van der Waals surface area contributed by atoms with Gasteiger partial charge in [0.25, 0.3) is 0 Å². The molecule has 0 amide bonds. The summed E-state index contributed by atoms with van der Waals surface area (Å²) in [5.41, 5.74) is 2.08. The van der Waals surface area contributed by atoms with Crippen molar-refractivity contribution >= 4 is 5.97 Å². The van der Waals surface area contributed by atoms with Crippen LogP contribution in [-0.4, -0.2) is 33.4 Å². The van der Waals surface area contributed by atoms with Gasteiger partial charge in [-0.2, -0.15) is 5.10 Å². The molecule has 0 saturated carbocycles. The predicted octanol–water partition coefficient (Wildman–Crippen LogP) is 0.871. The maximum Gasteiger partial charge on any atom is 0.325 e. The van der Waals surface area contributed by atoms with Gasteiger partial charge in [0.1, 0.15) is 5.54 Å². The van der Waals surface area contributed by atoms with Gasteiger partial charge in [-0.25, -0.2) is 0 Å². The summed E-state index contributed by atoms with van der Waals surface area (Å²) in [5, 5.41) is 16.3. The summed E-state index contributed by atoms with van der Waals surface area (Å²) in [5.74, 6) is -0.875. The number of carbonyl (C=O) groups is 1. The SMILES string of the molecule is CNC(C)(Cn1nc(C)c(C)c1C)C(=O)O. The third-order valence-electron chi connectivity index (χ3n) is 3.23. The molecule has 5 nitrogen and oxygen atoms in total. The van der Waals surface area contributed by atoms with Crippen LogP contribution in [-0.2, 0) is 11.3 Å². The highest BCUT2D eigenvalue weighted by Gasteiger charge is 2.32. The van der Waals surface area contributed by atoms with Crippen LogP contribution in [0.15, 0.2) is 0 Å². The largest absolute Gasteiger partial charge is 0.480 e. The highest BCUT2D eigenvalue weighted by molar-refractivity contribution is 5.78. The zero-order valence-electron chi connectivity index (χ0n) is 10.5. The Balaban J connectivity index is 3.04. The van der Waals surface area contributed by atoms with E-state index in [1.165, 1.54) is 0 Å². The van der Waals surface area contributed by atoms with Gasteiger partial charge in [0.2, 0.25) is 0 Å². The fraction of sp³-hybridized carbons (Fsp3) is 0.636. The van der Waals surface area contributed by atoms with Gasteiger partial charge in [-0.3, -0.25) is 9.48 Å². The summed E-state index contributed by atoms with van der Waals surface area (Å²) < 4.78 is 1.75. The van der Waals surface area contributed by atoms with Gasteiger partial charge < -0.3 is 10.4 Å². The number of aliphatic carboxylic acids is 1. The number of hydrogen-bond donors (Lipinski definition) is 2. The molecule has 16 heavy (non-hydrogen) atoms. The van der Waals surface area contributed by atoms with Gasteiger partial charge in [-0.05, 0) is 40.3 Å². The molecule has 0 bridgehead atoms. The van der Waals surface area contributed by atoms with E-state index in [9.17, 15) is 4.79 Å². The third kappa shape index (κ3) is 2.09. The first-order chi connectivity index (χ1) is 7.31. The lowest BCUT2D eigenvalue weighted by molar-refractivity contribution is -0.144. The van der Waals surface area contributed by atoms with Gasteiger partial charge >= 0.3 is 5.97 Å². The highest BCUT2D eigenvalue weighted by Crippen LogP contribution is 2.15. The first-order valence-corrected chi connectivity index (χ1v) is 5.24.